The zero-order chi connectivity index (χ0) is 14.1. The van der Waals surface area contributed by atoms with Crippen molar-refractivity contribution in [1.82, 2.24) is 4.98 Å². The number of benzene rings is 1. The molecule has 0 saturated heterocycles. The number of carbonyl (C=O) groups is 1. The molecule has 1 aromatic carbocycles. The fraction of sp³-hybridized carbons (Fsp3) is 0.250. The predicted octanol–water partition coefficient (Wildman–Crippen LogP) is 3.49. The number of ether oxygens (including phenoxy) is 1. The summed E-state index contributed by atoms with van der Waals surface area (Å²) in [7, 11) is 0. The number of amides is 1. The quantitative estimate of drug-likeness (QED) is 0.927. The first-order valence-electron chi connectivity index (χ1n) is 6.69. The van der Waals surface area contributed by atoms with Crippen LogP contribution in [-0.4, -0.2) is 10.9 Å². The van der Waals surface area contributed by atoms with E-state index in [2.05, 4.69) is 36.3 Å². The Morgan fingerprint density at radius 1 is 1.20 bits per heavy atom. The van der Waals surface area contributed by atoms with E-state index >= 15 is 0 Å². The fourth-order valence-corrected chi connectivity index (χ4v) is 2.23. The van der Waals surface area contributed by atoms with Crippen molar-refractivity contribution in [3.8, 4) is 11.5 Å². The zero-order valence-electron chi connectivity index (χ0n) is 11.5. The van der Waals surface area contributed by atoms with E-state index in [0.717, 1.165) is 11.3 Å². The van der Waals surface area contributed by atoms with Gasteiger partial charge in [0.25, 0.3) is 0 Å². The van der Waals surface area contributed by atoms with Crippen LogP contribution in [0.2, 0.25) is 0 Å². The highest BCUT2D eigenvalue weighted by molar-refractivity contribution is 5.98. The van der Waals surface area contributed by atoms with Crippen molar-refractivity contribution in [1.29, 1.82) is 0 Å². The molecule has 4 nitrogen and oxygen atoms in total. The topological polar surface area (TPSA) is 51.2 Å². The van der Waals surface area contributed by atoms with Gasteiger partial charge in [-0.3, -0.25) is 4.79 Å². The van der Waals surface area contributed by atoms with Crippen molar-refractivity contribution in [2.24, 2.45) is 0 Å². The lowest BCUT2D eigenvalue weighted by Crippen LogP contribution is -2.04. The molecule has 102 valence electrons. The van der Waals surface area contributed by atoms with Gasteiger partial charge in [-0.1, -0.05) is 26.0 Å². The van der Waals surface area contributed by atoms with Crippen molar-refractivity contribution < 1.29 is 9.53 Å². The van der Waals surface area contributed by atoms with Crippen molar-refractivity contribution in [3.63, 3.8) is 0 Å². The second-order valence-electron chi connectivity index (χ2n) is 5.19. The standard InChI is InChI=1S/C16H16N2O2/c1-10(2)11-3-5-12(6-4-11)20-14-7-8-17-16-13(14)9-15(19)18-16/h3-8,10H,9H2,1-2H3,(H,17,18,19). The van der Waals surface area contributed by atoms with Gasteiger partial charge in [0.15, 0.2) is 0 Å². The van der Waals surface area contributed by atoms with Gasteiger partial charge in [0, 0.05) is 11.8 Å². The number of rotatable bonds is 3. The number of anilines is 1. The first kappa shape index (κ1) is 12.7. The van der Waals surface area contributed by atoms with Crippen LogP contribution in [0.15, 0.2) is 36.5 Å². The molecule has 1 N–H and O–H groups in total. The van der Waals surface area contributed by atoms with E-state index in [-0.39, 0.29) is 5.91 Å². The summed E-state index contributed by atoms with van der Waals surface area (Å²) in [6.07, 6.45) is 1.96. The lowest BCUT2D eigenvalue weighted by Gasteiger charge is -2.10. The van der Waals surface area contributed by atoms with E-state index in [0.29, 0.717) is 23.9 Å². The Bertz CT molecular complexity index is 648. The van der Waals surface area contributed by atoms with Gasteiger partial charge in [-0.05, 0) is 29.7 Å². The molecule has 2 aromatic rings. The summed E-state index contributed by atoms with van der Waals surface area (Å²) in [5.74, 6) is 2.51. The van der Waals surface area contributed by atoms with E-state index in [1.165, 1.54) is 5.56 Å². The molecule has 1 amide bonds. The van der Waals surface area contributed by atoms with Crippen molar-refractivity contribution in [2.75, 3.05) is 5.32 Å². The van der Waals surface area contributed by atoms with Gasteiger partial charge < -0.3 is 10.1 Å². The number of fused-ring (bicyclic) bond motifs is 1. The molecule has 1 aromatic heterocycles. The third-order valence-corrected chi connectivity index (χ3v) is 3.38. The maximum Gasteiger partial charge on any atom is 0.230 e. The minimum atomic E-state index is -0.0429. The van der Waals surface area contributed by atoms with Crippen LogP contribution in [0, 0.1) is 0 Å². The molecule has 2 heterocycles. The maximum atomic E-state index is 11.4. The Hall–Kier alpha value is -2.36. The Balaban J connectivity index is 1.85. The number of hydrogen-bond donors (Lipinski definition) is 1. The van der Waals surface area contributed by atoms with E-state index < -0.39 is 0 Å². The second-order valence-corrected chi connectivity index (χ2v) is 5.19. The van der Waals surface area contributed by atoms with E-state index in [9.17, 15) is 4.79 Å². The predicted molar refractivity (Wildman–Crippen MR) is 77.2 cm³/mol. The molecule has 0 saturated carbocycles. The van der Waals surface area contributed by atoms with Gasteiger partial charge in [0.1, 0.15) is 17.3 Å². The van der Waals surface area contributed by atoms with Crippen molar-refractivity contribution in [2.45, 2.75) is 26.2 Å². The number of hydrogen-bond acceptors (Lipinski definition) is 3. The van der Waals surface area contributed by atoms with Gasteiger partial charge in [0.05, 0.1) is 6.42 Å². The minimum Gasteiger partial charge on any atom is -0.457 e. The third-order valence-electron chi connectivity index (χ3n) is 3.38. The van der Waals surface area contributed by atoms with Crippen LogP contribution in [0.5, 0.6) is 11.5 Å². The van der Waals surface area contributed by atoms with Gasteiger partial charge in [-0.15, -0.1) is 0 Å². The largest absolute Gasteiger partial charge is 0.457 e. The summed E-state index contributed by atoms with van der Waals surface area (Å²) in [6, 6.07) is 9.81. The molecule has 1 aliphatic rings. The first-order valence-corrected chi connectivity index (χ1v) is 6.69. The molecule has 20 heavy (non-hydrogen) atoms. The van der Waals surface area contributed by atoms with E-state index in [1.807, 2.05) is 12.1 Å². The van der Waals surface area contributed by atoms with Crippen LogP contribution in [0.4, 0.5) is 5.82 Å². The van der Waals surface area contributed by atoms with E-state index in [4.69, 9.17) is 4.74 Å². The lowest BCUT2D eigenvalue weighted by atomic mass is 10.0. The van der Waals surface area contributed by atoms with Crippen LogP contribution >= 0.6 is 0 Å². The molecular formula is C16H16N2O2. The fourth-order valence-electron chi connectivity index (χ4n) is 2.23. The Labute approximate surface area is 117 Å². The van der Waals surface area contributed by atoms with Crippen LogP contribution in [0.25, 0.3) is 0 Å². The lowest BCUT2D eigenvalue weighted by molar-refractivity contribution is -0.115. The summed E-state index contributed by atoms with van der Waals surface area (Å²) in [6.45, 7) is 4.31. The molecule has 0 atom stereocenters. The number of nitrogens with zero attached hydrogens (tertiary/aromatic N) is 1. The minimum absolute atomic E-state index is 0.0429. The highest BCUT2D eigenvalue weighted by Crippen LogP contribution is 2.33. The molecule has 0 unspecified atom stereocenters. The average molecular weight is 268 g/mol. The Morgan fingerprint density at radius 3 is 2.65 bits per heavy atom. The normalized spacial score (nSPS) is 13.2. The molecule has 0 fully saturated rings. The molecular weight excluding hydrogens is 252 g/mol. The average Bonchev–Trinajstić information content (AvgIpc) is 2.81. The molecule has 0 radical (unpaired) electrons. The third kappa shape index (κ3) is 2.37. The van der Waals surface area contributed by atoms with Crippen molar-refractivity contribution >= 4 is 11.7 Å². The number of nitrogens with one attached hydrogen (secondary N) is 1. The summed E-state index contributed by atoms with van der Waals surface area (Å²) in [5.41, 5.74) is 2.10. The summed E-state index contributed by atoms with van der Waals surface area (Å²) < 4.78 is 5.87. The molecule has 0 aliphatic carbocycles. The highest BCUT2D eigenvalue weighted by Gasteiger charge is 2.23. The number of carbonyl (C=O) groups excluding carboxylic acids is 1. The number of aromatic nitrogens is 1. The summed E-state index contributed by atoms with van der Waals surface area (Å²) >= 11 is 0. The summed E-state index contributed by atoms with van der Waals surface area (Å²) in [4.78, 5) is 15.6. The van der Waals surface area contributed by atoms with Gasteiger partial charge in [0.2, 0.25) is 5.91 Å². The monoisotopic (exact) mass is 268 g/mol. The van der Waals surface area contributed by atoms with Gasteiger partial charge in [-0.2, -0.15) is 0 Å². The van der Waals surface area contributed by atoms with Gasteiger partial charge in [-0.25, -0.2) is 4.98 Å². The highest BCUT2D eigenvalue weighted by atomic mass is 16.5. The molecule has 0 bridgehead atoms. The SMILES string of the molecule is CC(C)c1ccc(Oc2ccnc3c2CC(=O)N3)cc1. The molecule has 0 spiro atoms. The van der Waals surface area contributed by atoms with Crippen LogP contribution in [0.1, 0.15) is 30.9 Å². The zero-order valence-corrected chi connectivity index (χ0v) is 11.5. The number of pyridine rings is 1. The summed E-state index contributed by atoms with van der Waals surface area (Å²) in [5, 5.41) is 2.72. The molecule has 1 aliphatic heterocycles. The van der Waals surface area contributed by atoms with Crippen molar-refractivity contribution in [3.05, 3.63) is 47.7 Å². The van der Waals surface area contributed by atoms with Crippen LogP contribution in [-0.2, 0) is 11.2 Å². The second kappa shape index (κ2) is 4.96. The molecule has 4 heteroatoms. The van der Waals surface area contributed by atoms with Gasteiger partial charge >= 0.3 is 0 Å². The molecule has 3 rings (SSSR count). The first-order chi connectivity index (χ1) is 9.63. The smallest absolute Gasteiger partial charge is 0.230 e. The Morgan fingerprint density at radius 2 is 1.95 bits per heavy atom. The Kier molecular flexibility index (Phi) is 3.14. The maximum absolute atomic E-state index is 11.4. The van der Waals surface area contributed by atoms with Crippen LogP contribution < -0.4 is 10.1 Å². The van der Waals surface area contributed by atoms with E-state index in [1.54, 1.807) is 12.3 Å². The van der Waals surface area contributed by atoms with Crippen LogP contribution in [0.3, 0.4) is 0 Å².